The highest BCUT2D eigenvalue weighted by atomic mass is 35.5. The van der Waals surface area contributed by atoms with Gasteiger partial charge in [-0.2, -0.15) is 0 Å². The van der Waals surface area contributed by atoms with Gasteiger partial charge in [0.05, 0.1) is 5.52 Å². The second-order valence-electron chi connectivity index (χ2n) is 6.02. The summed E-state index contributed by atoms with van der Waals surface area (Å²) >= 11 is 5.98. The molecule has 112 valence electrons. The summed E-state index contributed by atoms with van der Waals surface area (Å²) in [5.74, 6) is -0.364. The molecule has 0 unspecified atom stereocenters. The molecule has 2 aromatic rings. The molecule has 1 aromatic carbocycles. The Morgan fingerprint density at radius 2 is 2.00 bits per heavy atom. The zero-order valence-electron chi connectivity index (χ0n) is 12.7. The molecular formula is C16H19ClN2O2. The van der Waals surface area contributed by atoms with Crippen LogP contribution in [0.15, 0.2) is 29.2 Å². The average Bonchev–Trinajstić information content (AvgIpc) is 2.37. The molecule has 0 bridgehead atoms. The van der Waals surface area contributed by atoms with E-state index in [-0.39, 0.29) is 16.9 Å². The number of carbonyl (C=O) groups excluding carboxylic acids is 1. The fourth-order valence-corrected chi connectivity index (χ4v) is 2.37. The van der Waals surface area contributed by atoms with Crippen LogP contribution < -0.4 is 10.7 Å². The molecule has 0 fully saturated rings. The van der Waals surface area contributed by atoms with E-state index >= 15 is 0 Å². The number of pyridine rings is 1. The zero-order valence-corrected chi connectivity index (χ0v) is 13.4. The predicted octanol–water partition coefficient (Wildman–Crippen LogP) is 3.20. The third-order valence-corrected chi connectivity index (χ3v) is 3.35. The molecule has 0 aliphatic heterocycles. The van der Waals surface area contributed by atoms with Crippen LogP contribution in [-0.4, -0.2) is 16.0 Å². The summed E-state index contributed by atoms with van der Waals surface area (Å²) in [5, 5.41) is 3.77. The van der Waals surface area contributed by atoms with E-state index in [1.54, 1.807) is 24.4 Å². The lowest BCUT2D eigenvalue weighted by Gasteiger charge is -2.21. The van der Waals surface area contributed by atoms with Gasteiger partial charge in [-0.3, -0.25) is 9.59 Å². The van der Waals surface area contributed by atoms with Crippen molar-refractivity contribution >= 4 is 28.4 Å². The van der Waals surface area contributed by atoms with Gasteiger partial charge in [-0.15, -0.1) is 0 Å². The maximum absolute atomic E-state index is 12.5. The standard InChI is InChI=1S/C16H19ClN2O2/c1-5-19-9-12(15(21)18-16(2,3)4)14(20)11-8-10(17)6-7-13(11)19/h6-9H,5H2,1-4H3,(H,18,21). The third kappa shape index (κ3) is 3.27. The normalized spacial score (nSPS) is 11.7. The van der Waals surface area contributed by atoms with Crippen molar-refractivity contribution in [2.24, 2.45) is 0 Å². The topological polar surface area (TPSA) is 51.1 Å². The number of carbonyl (C=O) groups is 1. The number of hydrogen-bond acceptors (Lipinski definition) is 2. The van der Waals surface area contributed by atoms with Crippen LogP contribution in [0.1, 0.15) is 38.1 Å². The molecule has 0 saturated heterocycles. The number of hydrogen-bond donors (Lipinski definition) is 1. The van der Waals surface area contributed by atoms with E-state index in [2.05, 4.69) is 5.32 Å². The minimum atomic E-state index is -0.399. The number of halogens is 1. The minimum Gasteiger partial charge on any atom is -0.347 e. The number of fused-ring (bicyclic) bond motifs is 1. The van der Waals surface area contributed by atoms with Crippen LogP contribution in [0, 0.1) is 0 Å². The largest absolute Gasteiger partial charge is 0.347 e. The minimum absolute atomic E-state index is 0.140. The molecule has 1 heterocycles. The number of aromatic nitrogens is 1. The number of benzene rings is 1. The quantitative estimate of drug-likeness (QED) is 0.926. The average molecular weight is 307 g/mol. The molecule has 0 spiro atoms. The first kappa shape index (κ1) is 15.6. The fraction of sp³-hybridized carbons (Fsp3) is 0.375. The molecule has 0 atom stereocenters. The number of aryl methyl sites for hydroxylation is 1. The van der Waals surface area contributed by atoms with Gasteiger partial charge in [0.15, 0.2) is 0 Å². The summed E-state index contributed by atoms with van der Waals surface area (Å²) in [7, 11) is 0. The maximum Gasteiger partial charge on any atom is 0.257 e. The van der Waals surface area contributed by atoms with E-state index in [4.69, 9.17) is 11.6 Å². The van der Waals surface area contributed by atoms with Gasteiger partial charge in [0.1, 0.15) is 5.56 Å². The second-order valence-corrected chi connectivity index (χ2v) is 6.46. The molecule has 1 amide bonds. The van der Waals surface area contributed by atoms with Gasteiger partial charge in [-0.25, -0.2) is 0 Å². The van der Waals surface area contributed by atoms with Crippen molar-refractivity contribution in [3.63, 3.8) is 0 Å². The van der Waals surface area contributed by atoms with Crippen molar-refractivity contribution in [1.82, 2.24) is 9.88 Å². The van der Waals surface area contributed by atoms with Crippen molar-refractivity contribution in [3.05, 3.63) is 45.2 Å². The van der Waals surface area contributed by atoms with E-state index in [1.165, 1.54) is 0 Å². The number of amides is 1. The first-order chi connectivity index (χ1) is 9.73. The summed E-state index contributed by atoms with van der Waals surface area (Å²) in [4.78, 5) is 24.9. The van der Waals surface area contributed by atoms with Crippen LogP contribution in [-0.2, 0) is 6.54 Å². The summed E-state index contributed by atoms with van der Waals surface area (Å²) in [5.41, 5.74) is 0.226. The Morgan fingerprint density at radius 3 is 2.57 bits per heavy atom. The van der Waals surface area contributed by atoms with Gasteiger partial charge < -0.3 is 9.88 Å². The van der Waals surface area contributed by atoms with E-state index in [0.29, 0.717) is 17.0 Å². The van der Waals surface area contributed by atoms with E-state index in [9.17, 15) is 9.59 Å². The highest BCUT2D eigenvalue weighted by Gasteiger charge is 2.20. The Bertz CT molecular complexity index is 757. The van der Waals surface area contributed by atoms with Crippen LogP contribution in [0.3, 0.4) is 0 Å². The lowest BCUT2D eigenvalue weighted by molar-refractivity contribution is 0.0918. The van der Waals surface area contributed by atoms with E-state index in [1.807, 2.05) is 32.3 Å². The van der Waals surface area contributed by atoms with E-state index in [0.717, 1.165) is 5.52 Å². The van der Waals surface area contributed by atoms with Crippen LogP contribution in [0.5, 0.6) is 0 Å². The van der Waals surface area contributed by atoms with Crippen LogP contribution in [0.2, 0.25) is 5.02 Å². The van der Waals surface area contributed by atoms with Gasteiger partial charge in [-0.1, -0.05) is 11.6 Å². The first-order valence-electron chi connectivity index (χ1n) is 6.88. The Balaban J connectivity index is 2.68. The Labute approximate surface area is 128 Å². The van der Waals surface area contributed by atoms with Gasteiger partial charge in [0, 0.05) is 28.7 Å². The highest BCUT2D eigenvalue weighted by Crippen LogP contribution is 2.18. The van der Waals surface area contributed by atoms with Crippen LogP contribution in [0.25, 0.3) is 10.9 Å². The monoisotopic (exact) mass is 306 g/mol. The Hall–Kier alpha value is -1.81. The fourth-order valence-electron chi connectivity index (χ4n) is 2.20. The van der Waals surface area contributed by atoms with E-state index < -0.39 is 5.54 Å². The molecule has 0 radical (unpaired) electrons. The molecule has 21 heavy (non-hydrogen) atoms. The SMILES string of the molecule is CCn1cc(C(=O)NC(C)(C)C)c(=O)c2cc(Cl)ccc21. The molecule has 4 nitrogen and oxygen atoms in total. The van der Waals surface area contributed by atoms with Gasteiger partial charge in [0.25, 0.3) is 5.91 Å². The van der Waals surface area contributed by atoms with Crippen molar-refractivity contribution in [1.29, 1.82) is 0 Å². The van der Waals surface area contributed by atoms with Crippen LogP contribution in [0.4, 0.5) is 0 Å². The smallest absolute Gasteiger partial charge is 0.257 e. The third-order valence-electron chi connectivity index (χ3n) is 3.12. The number of nitrogens with one attached hydrogen (secondary N) is 1. The second kappa shape index (κ2) is 5.53. The summed E-state index contributed by atoms with van der Waals surface area (Å²) in [6.45, 7) is 8.25. The van der Waals surface area contributed by atoms with Crippen LogP contribution >= 0.6 is 11.6 Å². The predicted molar refractivity (Wildman–Crippen MR) is 86.1 cm³/mol. The molecule has 1 aromatic heterocycles. The first-order valence-corrected chi connectivity index (χ1v) is 7.26. The number of nitrogens with zero attached hydrogens (tertiary/aromatic N) is 1. The van der Waals surface area contributed by atoms with Gasteiger partial charge >= 0.3 is 0 Å². The van der Waals surface area contributed by atoms with Gasteiger partial charge in [0.2, 0.25) is 5.43 Å². The van der Waals surface area contributed by atoms with Crippen molar-refractivity contribution in [2.75, 3.05) is 0 Å². The molecule has 1 N–H and O–H groups in total. The summed E-state index contributed by atoms with van der Waals surface area (Å²) in [6, 6.07) is 5.15. The molecule has 0 saturated carbocycles. The zero-order chi connectivity index (χ0) is 15.8. The maximum atomic E-state index is 12.5. The van der Waals surface area contributed by atoms with Crippen molar-refractivity contribution < 1.29 is 4.79 Å². The lowest BCUT2D eigenvalue weighted by Crippen LogP contribution is -2.42. The van der Waals surface area contributed by atoms with Crippen molar-refractivity contribution in [2.45, 2.75) is 39.8 Å². The highest BCUT2D eigenvalue weighted by molar-refractivity contribution is 6.31. The molecular weight excluding hydrogens is 288 g/mol. The lowest BCUT2D eigenvalue weighted by atomic mass is 10.1. The number of rotatable bonds is 2. The molecule has 0 aliphatic rings. The molecule has 2 rings (SSSR count). The molecule has 0 aliphatic carbocycles. The van der Waals surface area contributed by atoms with Gasteiger partial charge in [-0.05, 0) is 45.9 Å². The molecule has 5 heteroatoms. The Kier molecular flexibility index (Phi) is 4.10. The summed E-state index contributed by atoms with van der Waals surface area (Å²) in [6.07, 6.45) is 1.61. The Morgan fingerprint density at radius 1 is 1.33 bits per heavy atom. The van der Waals surface area contributed by atoms with Crippen molar-refractivity contribution in [3.8, 4) is 0 Å². The summed E-state index contributed by atoms with van der Waals surface area (Å²) < 4.78 is 1.88.